The molecule has 0 saturated heterocycles. The van der Waals surface area contributed by atoms with E-state index in [0.29, 0.717) is 24.9 Å². The summed E-state index contributed by atoms with van der Waals surface area (Å²) in [5, 5.41) is 8.37. The lowest BCUT2D eigenvalue weighted by Gasteiger charge is -2.26. The Labute approximate surface area is 125 Å². The van der Waals surface area contributed by atoms with Crippen molar-refractivity contribution in [2.45, 2.75) is 38.4 Å². The molecular weight excluding hydrogens is 290 g/mol. The van der Waals surface area contributed by atoms with E-state index >= 15 is 0 Å². The largest absolute Gasteiger partial charge is 0.481 e. The summed E-state index contributed by atoms with van der Waals surface area (Å²) in [7, 11) is -2.17. The van der Waals surface area contributed by atoms with Crippen molar-refractivity contribution in [1.29, 1.82) is 0 Å². The van der Waals surface area contributed by atoms with Crippen molar-refractivity contribution in [3.63, 3.8) is 0 Å². The summed E-state index contributed by atoms with van der Waals surface area (Å²) in [4.78, 5) is 11.2. The van der Waals surface area contributed by atoms with Gasteiger partial charge in [0.05, 0.1) is 16.9 Å². The molecule has 0 bridgehead atoms. The Bertz CT molecular complexity index is 633. The number of carboxylic acids is 1. The van der Waals surface area contributed by atoms with Crippen LogP contribution in [-0.2, 0) is 14.8 Å². The summed E-state index contributed by atoms with van der Waals surface area (Å²) in [5.74, 6) is -1.82. The number of anilines is 1. The zero-order chi connectivity index (χ0) is 15.8. The molecule has 0 spiro atoms. The maximum Gasteiger partial charge on any atom is 0.307 e. The molecule has 0 radical (unpaired) electrons. The SMILES string of the molecule is Cc1cc(C)cc(N(C)S(=O)(=O)C2CCCC2C(=O)O)c1. The first kappa shape index (κ1) is 15.8. The molecular formula is C15H21NO4S. The van der Waals surface area contributed by atoms with Crippen LogP contribution in [0.5, 0.6) is 0 Å². The van der Waals surface area contributed by atoms with Gasteiger partial charge in [-0.1, -0.05) is 12.5 Å². The maximum absolute atomic E-state index is 12.7. The van der Waals surface area contributed by atoms with Gasteiger partial charge in [0.2, 0.25) is 10.0 Å². The standard InChI is InChI=1S/C15H21NO4S/c1-10-7-11(2)9-12(8-10)16(3)21(19,20)14-6-4-5-13(14)15(17)18/h7-9,13-14H,4-6H2,1-3H3,(H,17,18). The Balaban J connectivity index is 2.36. The van der Waals surface area contributed by atoms with Gasteiger partial charge in [0.1, 0.15) is 0 Å². The molecule has 0 aromatic heterocycles. The second kappa shape index (κ2) is 5.67. The number of nitrogens with zero attached hydrogens (tertiary/aromatic N) is 1. The van der Waals surface area contributed by atoms with Gasteiger partial charge in [0.25, 0.3) is 0 Å². The van der Waals surface area contributed by atoms with Crippen LogP contribution in [0.1, 0.15) is 30.4 Å². The van der Waals surface area contributed by atoms with E-state index in [1.165, 1.54) is 11.4 Å². The van der Waals surface area contributed by atoms with Gasteiger partial charge in [-0.2, -0.15) is 0 Å². The van der Waals surface area contributed by atoms with Crippen LogP contribution in [0.4, 0.5) is 5.69 Å². The third-order valence-corrected chi connectivity index (χ3v) is 6.41. The van der Waals surface area contributed by atoms with Gasteiger partial charge in [-0.3, -0.25) is 9.10 Å². The maximum atomic E-state index is 12.7. The van der Waals surface area contributed by atoms with Crippen molar-refractivity contribution in [2.75, 3.05) is 11.4 Å². The van der Waals surface area contributed by atoms with Crippen molar-refractivity contribution >= 4 is 21.7 Å². The van der Waals surface area contributed by atoms with E-state index in [2.05, 4.69) is 0 Å². The Morgan fingerprint density at radius 3 is 2.29 bits per heavy atom. The first-order chi connectivity index (χ1) is 9.73. The highest BCUT2D eigenvalue weighted by Crippen LogP contribution is 2.34. The molecule has 5 nitrogen and oxygen atoms in total. The predicted molar refractivity (Wildman–Crippen MR) is 82.0 cm³/mol. The molecule has 1 saturated carbocycles. The van der Waals surface area contributed by atoms with E-state index in [-0.39, 0.29) is 0 Å². The first-order valence-electron chi connectivity index (χ1n) is 7.02. The fraction of sp³-hybridized carbons (Fsp3) is 0.533. The second-order valence-corrected chi connectivity index (χ2v) is 7.96. The van der Waals surface area contributed by atoms with E-state index in [1.54, 1.807) is 12.1 Å². The normalized spacial score (nSPS) is 22.2. The molecule has 21 heavy (non-hydrogen) atoms. The molecule has 1 fully saturated rings. The topological polar surface area (TPSA) is 74.7 Å². The highest BCUT2D eigenvalue weighted by atomic mass is 32.2. The fourth-order valence-corrected chi connectivity index (χ4v) is 4.99. The molecule has 1 aliphatic rings. The molecule has 6 heteroatoms. The lowest BCUT2D eigenvalue weighted by atomic mass is 10.1. The van der Waals surface area contributed by atoms with E-state index in [1.807, 2.05) is 19.9 Å². The molecule has 1 N–H and O–H groups in total. The molecule has 1 aromatic carbocycles. The lowest BCUT2D eigenvalue weighted by molar-refractivity contribution is -0.141. The number of hydrogen-bond donors (Lipinski definition) is 1. The first-order valence-corrected chi connectivity index (χ1v) is 8.52. The number of carbonyl (C=O) groups is 1. The van der Waals surface area contributed by atoms with E-state index < -0.39 is 27.2 Å². The number of rotatable bonds is 4. The number of aliphatic carboxylic acids is 1. The number of benzene rings is 1. The zero-order valence-corrected chi connectivity index (χ0v) is 13.4. The molecule has 2 atom stereocenters. The second-order valence-electron chi connectivity index (χ2n) is 5.77. The molecule has 0 aliphatic heterocycles. The van der Waals surface area contributed by atoms with Crippen molar-refractivity contribution < 1.29 is 18.3 Å². The van der Waals surface area contributed by atoms with Crippen molar-refractivity contribution in [2.24, 2.45) is 5.92 Å². The minimum absolute atomic E-state index is 0.411. The summed E-state index contributed by atoms with van der Waals surface area (Å²) in [6, 6.07) is 5.57. The lowest BCUT2D eigenvalue weighted by Crippen LogP contribution is -2.40. The smallest absolute Gasteiger partial charge is 0.307 e. The van der Waals surface area contributed by atoms with Gasteiger partial charge >= 0.3 is 5.97 Å². The van der Waals surface area contributed by atoms with Gasteiger partial charge in [0.15, 0.2) is 0 Å². The van der Waals surface area contributed by atoms with Crippen LogP contribution in [-0.4, -0.2) is 31.8 Å². The van der Waals surface area contributed by atoms with Crippen LogP contribution >= 0.6 is 0 Å². The van der Waals surface area contributed by atoms with Crippen LogP contribution < -0.4 is 4.31 Å². The average Bonchev–Trinajstić information content (AvgIpc) is 2.86. The highest BCUT2D eigenvalue weighted by Gasteiger charge is 2.43. The minimum atomic E-state index is -3.67. The van der Waals surface area contributed by atoms with Crippen LogP contribution in [0.2, 0.25) is 0 Å². The predicted octanol–water partition coefficient (Wildman–Crippen LogP) is 2.32. The Kier molecular flexibility index (Phi) is 4.27. The Morgan fingerprint density at radius 2 is 1.76 bits per heavy atom. The summed E-state index contributed by atoms with van der Waals surface area (Å²) in [6.07, 6.45) is 1.48. The van der Waals surface area contributed by atoms with Crippen molar-refractivity contribution in [1.82, 2.24) is 0 Å². The quantitative estimate of drug-likeness (QED) is 0.926. The number of sulfonamides is 1. The summed E-state index contributed by atoms with van der Waals surface area (Å²) < 4.78 is 26.7. The third-order valence-electron chi connectivity index (χ3n) is 4.10. The van der Waals surface area contributed by atoms with Crippen molar-refractivity contribution in [3.05, 3.63) is 29.3 Å². The molecule has 0 amide bonds. The zero-order valence-electron chi connectivity index (χ0n) is 12.5. The molecule has 2 rings (SSSR count). The Morgan fingerprint density at radius 1 is 1.19 bits per heavy atom. The summed E-state index contributed by atoms with van der Waals surface area (Å²) in [5.41, 5.74) is 2.55. The number of aryl methyl sites for hydroxylation is 2. The molecule has 0 heterocycles. The van der Waals surface area contributed by atoms with E-state index in [9.17, 15) is 18.3 Å². The Hall–Kier alpha value is -1.56. The van der Waals surface area contributed by atoms with Gasteiger partial charge < -0.3 is 5.11 Å². The number of hydrogen-bond acceptors (Lipinski definition) is 3. The van der Waals surface area contributed by atoms with Gasteiger partial charge in [0, 0.05) is 7.05 Å². The molecule has 1 aliphatic carbocycles. The minimum Gasteiger partial charge on any atom is -0.481 e. The number of carboxylic acid groups (broad SMARTS) is 1. The van der Waals surface area contributed by atoms with E-state index in [0.717, 1.165) is 11.1 Å². The van der Waals surface area contributed by atoms with Crippen LogP contribution in [0, 0.1) is 19.8 Å². The van der Waals surface area contributed by atoms with E-state index in [4.69, 9.17) is 0 Å². The summed E-state index contributed by atoms with van der Waals surface area (Å²) in [6.45, 7) is 3.82. The molecule has 116 valence electrons. The van der Waals surface area contributed by atoms with Crippen LogP contribution in [0.25, 0.3) is 0 Å². The summed E-state index contributed by atoms with van der Waals surface area (Å²) >= 11 is 0. The van der Waals surface area contributed by atoms with Gasteiger partial charge in [-0.25, -0.2) is 8.42 Å². The fourth-order valence-electron chi connectivity index (χ4n) is 3.05. The third kappa shape index (κ3) is 3.05. The molecule has 1 aromatic rings. The highest BCUT2D eigenvalue weighted by molar-refractivity contribution is 7.93. The van der Waals surface area contributed by atoms with Gasteiger partial charge in [-0.05, 0) is 49.9 Å². The van der Waals surface area contributed by atoms with Crippen LogP contribution in [0.15, 0.2) is 18.2 Å². The molecule has 2 unspecified atom stereocenters. The van der Waals surface area contributed by atoms with Gasteiger partial charge in [-0.15, -0.1) is 0 Å². The van der Waals surface area contributed by atoms with Crippen LogP contribution in [0.3, 0.4) is 0 Å². The van der Waals surface area contributed by atoms with Crippen molar-refractivity contribution in [3.8, 4) is 0 Å². The monoisotopic (exact) mass is 311 g/mol. The average molecular weight is 311 g/mol.